The van der Waals surface area contributed by atoms with E-state index in [9.17, 15) is 0 Å². The number of nitrogens with one attached hydrogen (secondary N) is 1. The molecule has 0 unspecified atom stereocenters. The highest BCUT2D eigenvalue weighted by atomic mass is 15.2. The van der Waals surface area contributed by atoms with E-state index in [-0.39, 0.29) is 0 Å². The summed E-state index contributed by atoms with van der Waals surface area (Å²) in [5.74, 6) is 0. The van der Waals surface area contributed by atoms with Crippen LogP contribution in [0.25, 0.3) is 0 Å². The zero-order valence-corrected chi connectivity index (χ0v) is 13.0. The number of anilines is 1. The van der Waals surface area contributed by atoms with Crippen LogP contribution in [0, 0.1) is 6.92 Å². The van der Waals surface area contributed by atoms with Gasteiger partial charge < -0.3 is 10.2 Å². The van der Waals surface area contributed by atoms with E-state index in [1.54, 1.807) is 5.56 Å². The number of hydrogen-bond donors (Lipinski definition) is 1. The van der Waals surface area contributed by atoms with Crippen molar-refractivity contribution >= 4 is 5.69 Å². The van der Waals surface area contributed by atoms with Gasteiger partial charge in [0.15, 0.2) is 0 Å². The van der Waals surface area contributed by atoms with Crippen LogP contribution in [0.5, 0.6) is 0 Å². The first-order valence-corrected chi connectivity index (χ1v) is 8.37. The molecule has 1 aromatic carbocycles. The number of rotatable bonds is 3. The van der Waals surface area contributed by atoms with Crippen molar-refractivity contribution in [1.29, 1.82) is 0 Å². The fourth-order valence-electron chi connectivity index (χ4n) is 4.01. The Morgan fingerprint density at radius 1 is 1.20 bits per heavy atom. The van der Waals surface area contributed by atoms with Gasteiger partial charge in [0.2, 0.25) is 0 Å². The van der Waals surface area contributed by atoms with Crippen molar-refractivity contribution in [2.24, 2.45) is 0 Å². The molecular weight excluding hydrogens is 244 g/mol. The third-order valence-electron chi connectivity index (χ3n) is 5.02. The summed E-state index contributed by atoms with van der Waals surface area (Å²) in [6.07, 6.45) is 7.98. The maximum atomic E-state index is 3.62. The average Bonchev–Trinajstić information content (AvgIpc) is 2.47. The van der Waals surface area contributed by atoms with Gasteiger partial charge in [-0.25, -0.2) is 0 Å². The number of benzene rings is 1. The summed E-state index contributed by atoms with van der Waals surface area (Å²) in [5.41, 5.74) is 4.50. The molecule has 0 amide bonds. The molecule has 1 saturated carbocycles. The molecule has 1 heterocycles. The number of fused-ring (bicyclic) bond motifs is 1. The first kappa shape index (κ1) is 13.9. The molecule has 3 rings (SSSR count). The van der Waals surface area contributed by atoms with Crippen LogP contribution in [0.1, 0.15) is 50.2 Å². The quantitative estimate of drug-likeness (QED) is 0.903. The standard InChI is InChI=1S/C18H28N2/c1-3-19-16-7-9-17(10-8-16)20-12-4-5-15-13-14(2)6-11-18(15)20/h6,11,13,16-17,19H,3-5,7-10,12H2,1-2H3. The molecule has 0 radical (unpaired) electrons. The minimum Gasteiger partial charge on any atom is -0.368 e. The lowest BCUT2D eigenvalue weighted by Gasteiger charge is -2.41. The smallest absolute Gasteiger partial charge is 0.0401 e. The van der Waals surface area contributed by atoms with Gasteiger partial charge in [0.25, 0.3) is 0 Å². The number of nitrogens with zero attached hydrogens (tertiary/aromatic N) is 1. The minimum absolute atomic E-state index is 0.763. The molecule has 2 aliphatic rings. The van der Waals surface area contributed by atoms with E-state index in [4.69, 9.17) is 0 Å². The predicted octanol–water partition coefficient (Wildman–Crippen LogP) is 3.67. The van der Waals surface area contributed by atoms with Crippen molar-refractivity contribution in [3.63, 3.8) is 0 Å². The highest BCUT2D eigenvalue weighted by molar-refractivity contribution is 5.57. The normalized spacial score (nSPS) is 26.4. The van der Waals surface area contributed by atoms with Gasteiger partial charge in [-0.3, -0.25) is 0 Å². The molecule has 0 atom stereocenters. The predicted molar refractivity (Wildman–Crippen MR) is 86.6 cm³/mol. The van der Waals surface area contributed by atoms with E-state index >= 15 is 0 Å². The minimum atomic E-state index is 0.763. The van der Waals surface area contributed by atoms with Gasteiger partial charge in [-0.05, 0) is 63.6 Å². The van der Waals surface area contributed by atoms with Gasteiger partial charge in [-0.15, -0.1) is 0 Å². The van der Waals surface area contributed by atoms with Crippen molar-refractivity contribution < 1.29 is 0 Å². The highest BCUT2D eigenvalue weighted by Crippen LogP contribution is 2.34. The summed E-state index contributed by atoms with van der Waals surface area (Å²) in [6.45, 7) is 6.80. The molecule has 1 fully saturated rings. The Hall–Kier alpha value is -1.02. The van der Waals surface area contributed by atoms with Crippen LogP contribution in [0.4, 0.5) is 5.69 Å². The molecule has 0 saturated heterocycles. The first-order valence-electron chi connectivity index (χ1n) is 8.37. The van der Waals surface area contributed by atoms with E-state index < -0.39 is 0 Å². The van der Waals surface area contributed by atoms with E-state index in [0.29, 0.717) is 0 Å². The van der Waals surface area contributed by atoms with Crippen molar-refractivity contribution in [3.8, 4) is 0 Å². The molecule has 0 spiro atoms. The van der Waals surface area contributed by atoms with Gasteiger partial charge in [-0.2, -0.15) is 0 Å². The van der Waals surface area contributed by atoms with Crippen LogP contribution < -0.4 is 10.2 Å². The Balaban J connectivity index is 1.70. The first-order chi connectivity index (χ1) is 9.78. The highest BCUT2D eigenvalue weighted by Gasteiger charge is 2.28. The summed E-state index contributed by atoms with van der Waals surface area (Å²) in [6, 6.07) is 8.57. The topological polar surface area (TPSA) is 15.3 Å². The van der Waals surface area contributed by atoms with Gasteiger partial charge in [0.1, 0.15) is 0 Å². The second-order valence-electron chi connectivity index (χ2n) is 6.49. The Morgan fingerprint density at radius 2 is 2.00 bits per heavy atom. The summed E-state index contributed by atoms with van der Waals surface area (Å²) >= 11 is 0. The van der Waals surface area contributed by atoms with Crippen molar-refractivity contribution in [2.75, 3.05) is 18.0 Å². The van der Waals surface area contributed by atoms with E-state index in [0.717, 1.165) is 18.6 Å². The third-order valence-corrected chi connectivity index (χ3v) is 5.02. The molecule has 1 aliphatic heterocycles. The maximum Gasteiger partial charge on any atom is 0.0401 e. The van der Waals surface area contributed by atoms with Crippen LogP contribution in [-0.2, 0) is 6.42 Å². The zero-order valence-electron chi connectivity index (χ0n) is 13.0. The second-order valence-corrected chi connectivity index (χ2v) is 6.49. The maximum absolute atomic E-state index is 3.62. The van der Waals surface area contributed by atoms with Crippen LogP contribution in [-0.4, -0.2) is 25.2 Å². The van der Waals surface area contributed by atoms with Crippen molar-refractivity contribution in [2.45, 2.75) is 64.5 Å². The third kappa shape index (κ3) is 2.85. The van der Waals surface area contributed by atoms with E-state index in [2.05, 4.69) is 42.3 Å². The Kier molecular flexibility index (Phi) is 4.30. The van der Waals surface area contributed by atoms with Crippen LogP contribution in [0.3, 0.4) is 0 Å². The SMILES string of the molecule is CCNC1CCC(N2CCCc3cc(C)ccc32)CC1. The lowest BCUT2D eigenvalue weighted by molar-refractivity contribution is 0.332. The molecule has 1 aromatic rings. The fraction of sp³-hybridized carbons (Fsp3) is 0.667. The molecule has 2 nitrogen and oxygen atoms in total. The van der Waals surface area contributed by atoms with Gasteiger partial charge in [0.05, 0.1) is 0 Å². The fourth-order valence-corrected chi connectivity index (χ4v) is 4.01. The molecule has 1 aliphatic carbocycles. The van der Waals surface area contributed by atoms with Crippen LogP contribution in [0.15, 0.2) is 18.2 Å². The number of aryl methyl sites for hydroxylation is 2. The Labute approximate surface area is 123 Å². The van der Waals surface area contributed by atoms with Gasteiger partial charge in [0, 0.05) is 24.3 Å². The van der Waals surface area contributed by atoms with Gasteiger partial charge in [-0.1, -0.05) is 24.6 Å². The summed E-state index contributed by atoms with van der Waals surface area (Å²) in [4.78, 5) is 2.71. The van der Waals surface area contributed by atoms with E-state index in [1.807, 2.05) is 0 Å². The van der Waals surface area contributed by atoms with Crippen LogP contribution in [0.2, 0.25) is 0 Å². The average molecular weight is 272 g/mol. The summed E-state index contributed by atoms with van der Waals surface area (Å²) < 4.78 is 0. The number of hydrogen-bond acceptors (Lipinski definition) is 2. The molecule has 1 N–H and O–H groups in total. The van der Waals surface area contributed by atoms with Gasteiger partial charge >= 0.3 is 0 Å². The molecule has 2 heteroatoms. The monoisotopic (exact) mass is 272 g/mol. The molecular formula is C18H28N2. The molecule has 20 heavy (non-hydrogen) atoms. The van der Waals surface area contributed by atoms with Crippen molar-refractivity contribution in [3.05, 3.63) is 29.3 Å². The molecule has 0 bridgehead atoms. The zero-order chi connectivity index (χ0) is 13.9. The lowest BCUT2D eigenvalue weighted by atomic mass is 9.88. The lowest BCUT2D eigenvalue weighted by Crippen LogP contribution is -2.44. The summed E-state index contributed by atoms with van der Waals surface area (Å²) in [7, 11) is 0. The van der Waals surface area contributed by atoms with Crippen molar-refractivity contribution in [1.82, 2.24) is 5.32 Å². The van der Waals surface area contributed by atoms with E-state index in [1.165, 1.54) is 56.3 Å². The molecule has 110 valence electrons. The Bertz CT molecular complexity index is 447. The van der Waals surface area contributed by atoms with Crippen LogP contribution >= 0.6 is 0 Å². The Morgan fingerprint density at radius 3 is 2.75 bits per heavy atom. The largest absolute Gasteiger partial charge is 0.368 e. The molecule has 0 aromatic heterocycles. The summed E-state index contributed by atoms with van der Waals surface area (Å²) in [5, 5.41) is 3.62. The second kappa shape index (κ2) is 6.17.